The van der Waals surface area contributed by atoms with Gasteiger partial charge in [-0.1, -0.05) is 6.92 Å². The van der Waals surface area contributed by atoms with Crippen LogP contribution in [0, 0.1) is 0 Å². The van der Waals surface area contributed by atoms with Crippen LogP contribution in [0.2, 0.25) is 0 Å². The van der Waals surface area contributed by atoms with Crippen LogP contribution in [-0.2, 0) is 10.0 Å². The van der Waals surface area contributed by atoms with Crippen LogP contribution >= 0.6 is 0 Å². The molecule has 0 spiro atoms. The van der Waals surface area contributed by atoms with E-state index >= 15 is 0 Å². The van der Waals surface area contributed by atoms with Crippen molar-refractivity contribution in [2.75, 3.05) is 44.8 Å². The first-order valence-electron chi connectivity index (χ1n) is 6.57. The maximum Gasteiger partial charge on any atom is 0.214 e. The molecule has 0 bridgehead atoms. The average Bonchev–Trinajstić information content (AvgIpc) is 2.40. The highest BCUT2D eigenvalue weighted by Gasteiger charge is 2.10. The van der Waals surface area contributed by atoms with Gasteiger partial charge in [-0.15, -0.1) is 0 Å². The van der Waals surface area contributed by atoms with Gasteiger partial charge < -0.3 is 15.4 Å². The number of likely N-dealkylation sites (N-methyl/N-ethyl adjacent to an activating group) is 1. The maximum absolute atomic E-state index is 11.7. The molecule has 0 radical (unpaired) electrons. The number of anilines is 1. The fourth-order valence-corrected chi connectivity index (χ4v) is 2.30. The van der Waals surface area contributed by atoms with Crippen LogP contribution in [-0.4, -0.2) is 52.4 Å². The lowest BCUT2D eigenvalue weighted by Gasteiger charge is -2.14. The summed E-state index contributed by atoms with van der Waals surface area (Å²) in [6.45, 7) is 4.13. The van der Waals surface area contributed by atoms with E-state index in [2.05, 4.69) is 4.72 Å². The molecule has 0 heterocycles. The number of sulfonamides is 1. The molecular formula is C13H23N3O3S. The summed E-state index contributed by atoms with van der Waals surface area (Å²) < 4.78 is 31.3. The number of nitrogens with zero attached hydrogens (tertiary/aromatic N) is 1. The molecule has 0 amide bonds. The molecule has 0 unspecified atom stereocenters. The summed E-state index contributed by atoms with van der Waals surface area (Å²) in [6, 6.07) is 6.85. The summed E-state index contributed by atoms with van der Waals surface area (Å²) in [5.74, 6) is 0.549. The normalized spacial score (nSPS) is 11.8. The van der Waals surface area contributed by atoms with Crippen molar-refractivity contribution in [1.29, 1.82) is 0 Å². The Morgan fingerprint density at radius 3 is 2.55 bits per heavy atom. The highest BCUT2D eigenvalue weighted by molar-refractivity contribution is 7.89. The number of rotatable bonds is 9. The Labute approximate surface area is 121 Å². The van der Waals surface area contributed by atoms with Crippen LogP contribution < -0.4 is 15.2 Å². The van der Waals surface area contributed by atoms with Crippen LogP contribution in [0.3, 0.4) is 0 Å². The first kappa shape index (κ1) is 16.7. The number of benzene rings is 1. The molecule has 1 aromatic carbocycles. The van der Waals surface area contributed by atoms with E-state index < -0.39 is 10.0 Å². The zero-order valence-electron chi connectivity index (χ0n) is 12.0. The Kier molecular flexibility index (Phi) is 6.77. The van der Waals surface area contributed by atoms with Crippen LogP contribution in [0.25, 0.3) is 0 Å². The molecule has 0 aromatic heterocycles. The van der Waals surface area contributed by atoms with Gasteiger partial charge in [-0.25, -0.2) is 13.1 Å². The summed E-state index contributed by atoms with van der Waals surface area (Å²) in [4.78, 5) is 2.04. The fourth-order valence-electron chi connectivity index (χ4n) is 1.46. The number of hydrogen-bond donors (Lipinski definition) is 2. The van der Waals surface area contributed by atoms with Gasteiger partial charge >= 0.3 is 0 Å². The smallest absolute Gasteiger partial charge is 0.214 e. The first-order chi connectivity index (χ1) is 9.43. The van der Waals surface area contributed by atoms with Gasteiger partial charge in [-0.3, -0.25) is 0 Å². The second kappa shape index (κ2) is 8.08. The van der Waals surface area contributed by atoms with Gasteiger partial charge in [0.05, 0.1) is 5.75 Å². The van der Waals surface area contributed by atoms with Gasteiger partial charge in [0, 0.05) is 18.8 Å². The predicted octanol–water partition coefficient (Wildman–Crippen LogP) is 0.519. The van der Waals surface area contributed by atoms with E-state index in [-0.39, 0.29) is 12.4 Å². The largest absolute Gasteiger partial charge is 0.492 e. The molecule has 20 heavy (non-hydrogen) atoms. The molecule has 3 N–H and O–H groups in total. The van der Waals surface area contributed by atoms with E-state index in [4.69, 9.17) is 10.5 Å². The molecule has 0 aliphatic rings. The highest BCUT2D eigenvalue weighted by atomic mass is 32.2. The van der Waals surface area contributed by atoms with Crippen molar-refractivity contribution in [3.63, 3.8) is 0 Å². The van der Waals surface area contributed by atoms with Crippen LogP contribution in [0.15, 0.2) is 24.3 Å². The van der Waals surface area contributed by atoms with Gasteiger partial charge in [0.15, 0.2) is 0 Å². The van der Waals surface area contributed by atoms with Crippen LogP contribution in [0.5, 0.6) is 5.75 Å². The third-order valence-electron chi connectivity index (χ3n) is 2.86. The number of nitrogens with two attached hydrogens (primary N) is 1. The van der Waals surface area contributed by atoms with E-state index in [0.29, 0.717) is 24.5 Å². The van der Waals surface area contributed by atoms with Crippen molar-refractivity contribution in [2.24, 2.45) is 0 Å². The van der Waals surface area contributed by atoms with E-state index in [9.17, 15) is 8.42 Å². The highest BCUT2D eigenvalue weighted by Crippen LogP contribution is 2.12. The minimum Gasteiger partial charge on any atom is -0.492 e. The molecular weight excluding hydrogens is 278 g/mol. The SMILES string of the molecule is CCN(C)CCNS(=O)(=O)CCOc1ccc(N)cc1. The van der Waals surface area contributed by atoms with Gasteiger partial charge in [0.2, 0.25) is 10.0 Å². The minimum absolute atomic E-state index is 0.0623. The zero-order chi connectivity index (χ0) is 15.0. The molecule has 0 saturated heterocycles. The topological polar surface area (TPSA) is 84.7 Å². The average molecular weight is 301 g/mol. The summed E-state index contributed by atoms with van der Waals surface area (Å²) >= 11 is 0. The zero-order valence-corrected chi connectivity index (χ0v) is 12.8. The molecule has 114 valence electrons. The molecule has 1 rings (SSSR count). The summed E-state index contributed by atoms with van der Waals surface area (Å²) in [7, 11) is -1.35. The Bertz CT molecular complexity index is 488. The fraction of sp³-hybridized carbons (Fsp3) is 0.538. The summed E-state index contributed by atoms with van der Waals surface area (Å²) in [6.07, 6.45) is 0. The number of ether oxygens (including phenoxy) is 1. The number of nitrogens with one attached hydrogen (secondary N) is 1. The lowest BCUT2D eigenvalue weighted by molar-refractivity contribution is 0.339. The number of nitrogen functional groups attached to an aromatic ring is 1. The van der Waals surface area contributed by atoms with Gasteiger partial charge in [-0.05, 0) is 37.9 Å². The quantitative estimate of drug-likeness (QED) is 0.650. The Hall–Kier alpha value is -1.31. The van der Waals surface area contributed by atoms with Crippen molar-refractivity contribution < 1.29 is 13.2 Å². The third-order valence-corrected chi connectivity index (χ3v) is 4.20. The lowest BCUT2D eigenvalue weighted by atomic mass is 10.3. The molecule has 0 aliphatic carbocycles. The van der Waals surface area contributed by atoms with Crippen molar-refractivity contribution in [3.8, 4) is 5.75 Å². The van der Waals surface area contributed by atoms with Crippen molar-refractivity contribution in [2.45, 2.75) is 6.92 Å². The third kappa shape index (κ3) is 6.74. The first-order valence-corrected chi connectivity index (χ1v) is 8.22. The Morgan fingerprint density at radius 2 is 1.95 bits per heavy atom. The van der Waals surface area contributed by atoms with Crippen LogP contribution in [0.4, 0.5) is 5.69 Å². The maximum atomic E-state index is 11.7. The monoisotopic (exact) mass is 301 g/mol. The predicted molar refractivity (Wildman–Crippen MR) is 81.3 cm³/mol. The summed E-state index contributed by atoms with van der Waals surface area (Å²) in [5.41, 5.74) is 6.19. The van der Waals surface area contributed by atoms with E-state index in [1.807, 2.05) is 18.9 Å². The second-order valence-electron chi connectivity index (χ2n) is 4.53. The van der Waals surface area contributed by atoms with Crippen LogP contribution in [0.1, 0.15) is 6.92 Å². The van der Waals surface area contributed by atoms with Gasteiger partial charge in [0.25, 0.3) is 0 Å². The molecule has 0 fully saturated rings. The van der Waals surface area contributed by atoms with Gasteiger partial charge in [-0.2, -0.15) is 0 Å². The molecule has 0 atom stereocenters. The van der Waals surface area contributed by atoms with E-state index in [1.54, 1.807) is 24.3 Å². The van der Waals surface area contributed by atoms with Crippen molar-refractivity contribution in [3.05, 3.63) is 24.3 Å². The van der Waals surface area contributed by atoms with Crippen molar-refractivity contribution >= 4 is 15.7 Å². The standard InChI is InChI=1S/C13H23N3O3S/c1-3-16(2)9-8-15-20(17,18)11-10-19-13-6-4-12(14)5-7-13/h4-7,15H,3,8-11,14H2,1-2H3. The molecule has 0 saturated carbocycles. The molecule has 1 aromatic rings. The lowest BCUT2D eigenvalue weighted by Crippen LogP contribution is -2.35. The Morgan fingerprint density at radius 1 is 1.30 bits per heavy atom. The van der Waals surface area contributed by atoms with Crippen molar-refractivity contribution in [1.82, 2.24) is 9.62 Å². The summed E-state index contributed by atoms with van der Waals surface area (Å²) in [5, 5.41) is 0. The van der Waals surface area contributed by atoms with E-state index in [0.717, 1.165) is 6.54 Å². The molecule has 0 aliphatic heterocycles. The Balaban J connectivity index is 2.27. The minimum atomic E-state index is -3.29. The van der Waals surface area contributed by atoms with E-state index in [1.165, 1.54) is 0 Å². The molecule has 6 nitrogen and oxygen atoms in total. The van der Waals surface area contributed by atoms with Gasteiger partial charge in [0.1, 0.15) is 12.4 Å². The number of hydrogen-bond acceptors (Lipinski definition) is 5. The molecule has 7 heteroatoms. The second-order valence-corrected chi connectivity index (χ2v) is 6.45.